The minimum absolute atomic E-state index is 0.256. The van der Waals surface area contributed by atoms with Crippen molar-refractivity contribution >= 4 is 0 Å². The van der Waals surface area contributed by atoms with Crippen molar-refractivity contribution in [2.45, 2.75) is 13.8 Å². The minimum Gasteiger partial charge on any atom is -0.207 e. The van der Waals surface area contributed by atoms with Gasteiger partial charge < -0.3 is 0 Å². The molecule has 0 aromatic carbocycles. The standard InChI is InChI=1S/C8H11F/c1-4-6-7(3)8(9)5-2/h4-6H,2H2,1,3H3/b6-4-,8-7+. The average molecular weight is 126 g/mol. The van der Waals surface area contributed by atoms with Gasteiger partial charge in [0.2, 0.25) is 0 Å². The molecule has 0 aliphatic carbocycles. The van der Waals surface area contributed by atoms with Crippen LogP contribution in [-0.2, 0) is 0 Å². The highest BCUT2D eigenvalue weighted by atomic mass is 19.1. The normalized spacial score (nSPS) is 13.7. The lowest BCUT2D eigenvalue weighted by Crippen LogP contribution is -1.71. The lowest BCUT2D eigenvalue weighted by molar-refractivity contribution is 0.659. The average Bonchev–Trinajstić information content (AvgIpc) is 1.87. The van der Waals surface area contributed by atoms with E-state index in [2.05, 4.69) is 6.58 Å². The number of halogens is 1. The first-order chi connectivity index (χ1) is 4.22. The summed E-state index contributed by atoms with van der Waals surface area (Å²) in [4.78, 5) is 0. The molecule has 0 aliphatic heterocycles. The summed E-state index contributed by atoms with van der Waals surface area (Å²) < 4.78 is 12.4. The third-order valence-electron chi connectivity index (χ3n) is 0.973. The topological polar surface area (TPSA) is 0 Å². The number of allylic oxidation sites excluding steroid dienone is 5. The molecule has 0 aromatic rings. The molecule has 0 amide bonds. The molecule has 0 saturated heterocycles. The molecule has 1 heteroatoms. The summed E-state index contributed by atoms with van der Waals surface area (Å²) >= 11 is 0. The van der Waals surface area contributed by atoms with Crippen LogP contribution in [-0.4, -0.2) is 0 Å². The van der Waals surface area contributed by atoms with Gasteiger partial charge in [-0.1, -0.05) is 18.7 Å². The second kappa shape index (κ2) is 4.07. The summed E-state index contributed by atoms with van der Waals surface area (Å²) in [6.45, 7) is 6.85. The smallest absolute Gasteiger partial charge is 0.125 e. The highest BCUT2D eigenvalue weighted by Gasteiger charge is 1.88. The van der Waals surface area contributed by atoms with Gasteiger partial charge in [-0.15, -0.1) is 0 Å². The van der Waals surface area contributed by atoms with Crippen LogP contribution in [0.5, 0.6) is 0 Å². The van der Waals surface area contributed by atoms with Gasteiger partial charge in [0, 0.05) is 0 Å². The third-order valence-corrected chi connectivity index (χ3v) is 0.973. The second-order valence-corrected chi connectivity index (χ2v) is 1.74. The van der Waals surface area contributed by atoms with E-state index in [-0.39, 0.29) is 5.83 Å². The fourth-order valence-electron chi connectivity index (χ4n) is 0.491. The van der Waals surface area contributed by atoms with Crippen molar-refractivity contribution in [2.24, 2.45) is 0 Å². The zero-order chi connectivity index (χ0) is 7.28. The molecule has 0 rings (SSSR count). The van der Waals surface area contributed by atoms with E-state index in [1.54, 1.807) is 19.1 Å². The molecule has 0 atom stereocenters. The lowest BCUT2D eigenvalue weighted by Gasteiger charge is -1.89. The van der Waals surface area contributed by atoms with E-state index < -0.39 is 0 Å². The Morgan fingerprint density at radius 3 is 2.44 bits per heavy atom. The van der Waals surface area contributed by atoms with Crippen molar-refractivity contribution in [3.63, 3.8) is 0 Å². The van der Waals surface area contributed by atoms with Crippen LogP contribution in [0.15, 0.2) is 36.2 Å². The van der Waals surface area contributed by atoms with E-state index in [1.807, 2.05) is 6.92 Å². The van der Waals surface area contributed by atoms with Crippen LogP contribution >= 0.6 is 0 Å². The molecule has 0 nitrogen and oxygen atoms in total. The highest BCUT2D eigenvalue weighted by molar-refractivity contribution is 5.25. The predicted octanol–water partition coefficient (Wildman–Crippen LogP) is 2.99. The van der Waals surface area contributed by atoms with E-state index in [4.69, 9.17) is 0 Å². The fraction of sp³-hybridized carbons (Fsp3) is 0.250. The molecule has 50 valence electrons. The van der Waals surface area contributed by atoms with Crippen LogP contribution in [0.3, 0.4) is 0 Å². The van der Waals surface area contributed by atoms with Crippen molar-refractivity contribution in [1.82, 2.24) is 0 Å². The second-order valence-electron chi connectivity index (χ2n) is 1.74. The molecule has 0 spiro atoms. The number of hydrogen-bond donors (Lipinski definition) is 0. The molecule has 0 heterocycles. The van der Waals surface area contributed by atoms with Gasteiger partial charge >= 0.3 is 0 Å². The SMILES string of the molecule is C=C/C(F)=C(C)\C=C/C. The van der Waals surface area contributed by atoms with Gasteiger partial charge in [0.1, 0.15) is 5.83 Å². The van der Waals surface area contributed by atoms with E-state index in [9.17, 15) is 4.39 Å². The first-order valence-corrected chi connectivity index (χ1v) is 2.84. The van der Waals surface area contributed by atoms with Crippen LogP contribution in [0.1, 0.15) is 13.8 Å². The Morgan fingerprint density at radius 2 is 2.11 bits per heavy atom. The number of hydrogen-bond acceptors (Lipinski definition) is 0. The summed E-state index contributed by atoms with van der Waals surface area (Å²) in [7, 11) is 0. The summed E-state index contributed by atoms with van der Waals surface area (Å²) in [6, 6.07) is 0. The van der Waals surface area contributed by atoms with E-state index in [1.165, 1.54) is 6.08 Å². The Bertz CT molecular complexity index is 152. The third kappa shape index (κ3) is 2.85. The van der Waals surface area contributed by atoms with Gasteiger partial charge in [0.25, 0.3) is 0 Å². The van der Waals surface area contributed by atoms with Gasteiger partial charge in [-0.05, 0) is 25.5 Å². The quantitative estimate of drug-likeness (QED) is 0.499. The molecular weight excluding hydrogens is 115 g/mol. The largest absolute Gasteiger partial charge is 0.207 e. The van der Waals surface area contributed by atoms with Crippen LogP contribution in [0.4, 0.5) is 4.39 Å². The van der Waals surface area contributed by atoms with Crippen LogP contribution in [0.25, 0.3) is 0 Å². The highest BCUT2D eigenvalue weighted by Crippen LogP contribution is 2.06. The molecular formula is C8H11F. The fourth-order valence-corrected chi connectivity index (χ4v) is 0.491. The van der Waals surface area contributed by atoms with Gasteiger partial charge in [0.05, 0.1) is 0 Å². The van der Waals surface area contributed by atoms with E-state index >= 15 is 0 Å². The lowest BCUT2D eigenvalue weighted by atomic mass is 10.2. The minimum atomic E-state index is -0.256. The van der Waals surface area contributed by atoms with Crippen molar-refractivity contribution in [3.8, 4) is 0 Å². The zero-order valence-electron chi connectivity index (χ0n) is 5.82. The Hall–Kier alpha value is -0.850. The van der Waals surface area contributed by atoms with Gasteiger partial charge in [-0.2, -0.15) is 0 Å². The molecule has 0 aliphatic rings. The Morgan fingerprint density at radius 1 is 1.56 bits per heavy atom. The first-order valence-electron chi connectivity index (χ1n) is 2.84. The summed E-state index contributed by atoms with van der Waals surface area (Å²) in [5.41, 5.74) is 0.618. The maximum absolute atomic E-state index is 12.4. The predicted molar refractivity (Wildman–Crippen MR) is 38.8 cm³/mol. The van der Waals surface area contributed by atoms with E-state index in [0.29, 0.717) is 5.57 Å². The van der Waals surface area contributed by atoms with Crippen molar-refractivity contribution in [1.29, 1.82) is 0 Å². The van der Waals surface area contributed by atoms with Crippen molar-refractivity contribution in [3.05, 3.63) is 36.2 Å². The Balaban J connectivity index is 4.27. The van der Waals surface area contributed by atoms with Crippen LogP contribution in [0.2, 0.25) is 0 Å². The van der Waals surface area contributed by atoms with Gasteiger partial charge in [0.15, 0.2) is 0 Å². The molecule has 0 N–H and O–H groups in total. The Kier molecular flexibility index (Phi) is 3.69. The molecule has 0 fully saturated rings. The van der Waals surface area contributed by atoms with E-state index in [0.717, 1.165) is 0 Å². The molecule has 0 unspecified atom stereocenters. The van der Waals surface area contributed by atoms with Gasteiger partial charge in [-0.3, -0.25) is 0 Å². The molecule has 0 aromatic heterocycles. The summed E-state index contributed by atoms with van der Waals surface area (Å²) in [6.07, 6.45) is 4.70. The van der Waals surface area contributed by atoms with Crippen LogP contribution < -0.4 is 0 Å². The maximum atomic E-state index is 12.4. The summed E-state index contributed by atoms with van der Waals surface area (Å²) in [5.74, 6) is -0.256. The first kappa shape index (κ1) is 8.15. The molecule has 0 bridgehead atoms. The molecule has 0 radical (unpaired) electrons. The van der Waals surface area contributed by atoms with Gasteiger partial charge in [-0.25, -0.2) is 4.39 Å². The molecule has 9 heavy (non-hydrogen) atoms. The summed E-state index contributed by atoms with van der Waals surface area (Å²) in [5, 5.41) is 0. The maximum Gasteiger partial charge on any atom is 0.125 e. The van der Waals surface area contributed by atoms with Crippen LogP contribution in [0, 0.1) is 0 Å². The van der Waals surface area contributed by atoms with Crippen molar-refractivity contribution < 1.29 is 4.39 Å². The van der Waals surface area contributed by atoms with Crippen molar-refractivity contribution in [2.75, 3.05) is 0 Å². The zero-order valence-corrected chi connectivity index (χ0v) is 5.82. The number of rotatable bonds is 2. The monoisotopic (exact) mass is 126 g/mol. The Labute approximate surface area is 55.4 Å². The molecule has 0 saturated carbocycles.